The molecule has 2 N–H and O–H groups in total. The van der Waals surface area contributed by atoms with E-state index in [4.69, 9.17) is 0 Å². The van der Waals surface area contributed by atoms with E-state index in [9.17, 15) is 4.79 Å². The zero-order valence-corrected chi connectivity index (χ0v) is 14.7. The second-order valence-electron chi connectivity index (χ2n) is 6.59. The van der Waals surface area contributed by atoms with E-state index in [0.717, 1.165) is 48.8 Å². The fourth-order valence-corrected chi connectivity index (χ4v) is 3.48. The number of carbonyl (C=O) groups is 1. The van der Waals surface area contributed by atoms with Gasteiger partial charge in [-0.3, -0.25) is 9.69 Å². The number of likely N-dealkylation sites (tertiary alicyclic amines) is 1. The summed E-state index contributed by atoms with van der Waals surface area (Å²) in [4.78, 5) is 26.3. The van der Waals surface area contributed by atoms with Crippen molar-refractivity contribution in [3.8, 4) is 5.69 Å². The minimum absolute atomic E-state index is 0.0496. The van der Waals surface area contributed by atoms with Gasteiger partial charge in [-0.2, -0.15) is 0 Å². The summed E-state index contributed by atoms with van der Waals surface area (Å²) in [5.74, 6) is 0.982. The topological polar surface area (TPSA) is 78.8 Å². The number of carbonyl (C=O) groups excluding carboxylic acids is 1. The number of nitrogens with zero attached hydrogens (tertiary/aromatic N) is 4. The Morgan fingerprint density at radius 1 is 1.35 bits per heavy atom. The predicted octanol–water partition coefficient (Wildman–Crippen LogP) is 2.51. The smallest absolute Gasteiger partial charge is 0.241 e. The van der Waals surface area contributed by atoms with Crippen molar-refractivity contribution in [1.29, 1.82) is 0 Å². The molecule has 0 spiro atoms. The highest BCUT2D eigenvalue weighted by Crippen LogP contribution is 2.22. The van der Waals surface area contributed by atoms with E-state index in [0.29, 0.717) is 0 Å². The monoisotopic (exact) mass is 350 g/mol. The number of benzene rings is 1. The molecule has 1 amide bonds. The van der Waals surface area contributed by atoms with Crippen LogP contribution in [0.15, 0.2) is 49.2 Å². The molecule has 1 aliphatic heterocycles. The average Bonchev–Trinajstić information content (AvgIpc) is 3.38. The van der Waals surface area contributed by atoms with Gasteiger partial charge >= 0.3 is 0 Å². The molecule has 0 aliphatic carbocycles. The first-order chi connectivity index (χ1) is 12.7. The number of anilines is 1. The number of nitrogens with one attached hydrogen (secondary N) is 2. The molecule has 3 aromatic rings. The van der Waals surface area contributed by atoms with Crippen LogP contribution in [0.4, 0.5) is 5.69 Å². The normalized spacial score (nSPS) is 17.5. The second-order valence-corrected chi connectivity index (χ2v) is 6.59. The molecular formula is C19H22N6O. The fraction of sp³-hybridized carbons (Fsp3) is 0.316. The van der Waals surface area contributed by atoms with Gasteiger partial charge in [0.15, 0.2) is 0 Å². The molecule has 0 bridgehead atoms. The van der Waals surface area contributed by atoms with Gasteiger partial charge in [0.1, 0.15) is 5.82 Å². The molecule has 1 aromatic carbocycles. The van der Waals surface area contributed by atoms with Crippen LogP contribution in [0.25, 0.3) is 5.69 Å². The molecule has 4 rings (SSSR count). The molecule has 0 unspecified atom stereocenters. The van der Waals surface area contributed by atoms with Gasteiger partial charge in [-0.1, -0.05) is 0 Å². The third kappa shape index (κ3) is 3.39. The first kappa shape index (κ1) is 16.5. The summed E-state index contributed by atoms with van der Waals surface area (Å²) in [7, 11) is 0. The fourth-order valence-electron chi connectivity index (χ4n) is 3.48. The van der Waals surface area contributed by atoms with Crippen LogP contribution in [-0.4, -0.2) is 42.9 Å². The van der Waals surface area contributed by atoms with Crippen LogP contribution in [0.3, 0.4) is 0 Å². The number of aromatic amines is 1. The molecule has 7 heteroatoms. The molecule has 26 heavy (non-hydrogen) atoms. The van der Waals surface area contributed by atoms with Crippen LogP contribution in [0, 0.1) is 6.92 Å². The number of imidazole rings is 2. The summed E-state index contributed by atoms with van der Waals surface area (Å²) in [5, 5.41) is 3.05. The van der Waals surface area contributed by atoms with Crippen LogP contribution < -0.4 is 5.32 Å². The van der Waals surface area contributed by atoms with Gasteiger partial charge in [0.05, 0.1) is 12.4 Å². The number of rotatable bonds is 5. The molecule has 1 atom stereocenters. The van der Waals surface area contributed by atoms with Gasteiger partial charge < -0.3 is 14.9 Å². The molecule has 1 saturated heterocycles. The maximum Gasteiger partial charge on any atom is 0.241 e. The summed E-state index contributed by atoms with van der Waals surface area (Å²) < 4.78 is 2.01. The van der Waals surface area contributed by atoms with Crippen molar-refractivity contribution in [3.63, 3.8) is 0 Å². The van der Waals surface area contributed by atoms with E-state index < -0.39 is 0 Å². The summed E-state index contributed by atoms with van der Waals surface area (Å²) in [5.41, 5.74) is 2.87. The number of H-pyrrole nitrogens is 1. The molecule has 0 radical (unpaired) electrons. The van der Waals surface area contributed by atoms with Gasteiger partial charge in [0.25, 0.3) is 0 Å². The summed E-state index contributed by atoms with van der Waals surface area (Å²) in [6, 6.07) is 7.73. The number of aryl methyl sites for hydroxylation is 1. The van der Waals surface area contributed by atoms with E-state index in [-0.39, 0.29) is 11.9 Å². The first-order valence-electron chi connectivity index (χ1n) is 8.83. The zero-order chi connectivity index (χ0) is 17.9. The van der Waals surface area contributed by atoms with Crippen molar-refractivity contribution in [1.82, 2.24) is 24.4 Å². The average molecular weight is 350 g/mol. The lowest BCUT2D eigenvalue weighted by Gasteiger charge is -2.23. The number of aromatic nitrogens is 4. The number of hydrogen-bond donors (Lipinski definition) is 2. The Hall–Kier alpha value is -2.93. The largest absolute Gasteiger partial charge is 0.347 e. The zero-order valence-electron chi connectivity index (χ0n) is 14.7. The number of hydrogen-bond acceptors (Lipinski definition) is 4. The van der Waals surface area contributed by atoms with Crippen LogP contribution in [0.2, 0.25) is 0 Å². The third-order valence-electron chi connectivity index (χ3n) is 4.83. The van der Waals surface area contributed by atoms with Crippen LogP contribution in [-0.2, 0) is 11.3 Å². The lowest BCUT2D eigenvalue weighted by Crippen LogP contribution is -2.39. The Morgan fingerprint density at radius 2 is 2.19 bits per heavy atom. The Balaban J connectivity index is 1.41. The van der Waals surface area contributed by atoms with Gasteiger partial charge in [-0.25, -0.2) is 9.97 Å². The lowest BCUT2D eigenvalue weighted by atomic mass is 10.2. The quantitative estimate of drug-likeness (QED) is 0.741. The molecule has 1 aliphatic rings. The predicted molar refractivity (Wildman–Crippen MR) is 99.0 cm³/mol. The van der Waals surface area contributed by atoms with Gasteiger partial charge in [-0.15, -0.1) is 0 Å². The molecule has 134 valence electrons. The SMILES string of the molecule is Cc1nccn1-c1ccc(NC(=O)[C@@H]2CCCN2Cc2cnc[nH]2)cc1. The third-order valence-corrected chi connectivity index (χ3v) is 4.83. The van der Waals surface area contributed by atoms with Crippen molar-refractivity contribution < 1.29 is 4.79 Å². The van der Waals surface area contributed by atoms with Gasteiger partial charge in [0.2, 0.25) is 5.91 Å². The van der Waals surface area contributed by atoms with Crippen LogP contribution >= 0.6 is 0 Å². The summed E-state index contributed by atoms with van der Waals surface area (Å²) in [6.07, 6.45) is 9.10. The standard InChI is InChI=1S/C19H22N6O/c1-14-21-8-10-25(14)17-6-4-15(5-7-17)23-19(26)18-3-2-9-24(18)12-16-11-20-13-22-16/h4-8,10-11,13,18H,2-3,9,12H2,1H3,(H,20,22)(H,23,26)/t18-/m0/s1. The van der Waals surface area contributed by atoms with Crippen molar-refractivity contribution in [2.24, 2.45) is 0 Å². The lowest BCUT2D eigenvalue weighted by molar-refractivity contribution is -0.120. The Labute approximate surface area is 152 Å². The van der Waals surface area contributed by atoms with E-state index in [2.05, 4.69) is 25.2 Å². The number of amides is 1. The molecule has 0 saturated carbocycles. The molecular weight excluding hydrogens is 328 g/mol. The van der Waals surface area contributed by atoms with E-state index >= 15 is 0 Å². The molecule has 1 fully saturated rings. The highest BCUT2D eigenvalue weighted by molar-refractivity contribution is 5.95. The maximum absolute atomic E-state index is 12.7. The van der Waals surface area contributed by atoms with E-state index in [1.54, 1.807) is 12.5 Å². The maximum atomic E-state index is 12.7. The highest BCUT2D eigenvalue weighted by Gasteiger charge is 2.30. The van der Waals surface area contributed by atoms with E-state index in [1.807, 2.05) is 48.1 Å². The minimum atomic E-state index is -0.103. The Bertz CT molecular complexity index is 868. The first-order valence-corrected chi connectivity index (χ1v) is 8.83. The Kier molecular flexibility index (Phi) is 4.53. The summed E-state index contributed by atoms with van der Waals surface area (Å²) in [6.45, 7) is 3.61. The second kappa shape index (κ2) is 7.13. The van der Waals surface area contributed by atoms with Crippen molar-refractivity contribution in [2.45, 2.75) is 32.4 Å². The molecule has 3 heterocycles. The van der Waals surface area contributed by atoms with Crippen molar-refractivity contribution in [2.75, 3.05) is 11.9 Å². The Morgan fingerprint density at radius 3 is 2.88 bits per heavy atom. The van der Waals surface area contributed by atoms with E-state index in [1.165, 1.54) is 0 Å². The van der Waals surface area contributed by atoms with Crippen molar-refractivity contribution in [3.05, 3.63) is 60.7 Å². The van der Waals surface area contributed by atoms with Gasteiger partial charge in [0, 0.05) is 42.2 Å². The highest BCUT2D eigenvalue weighted by atomic mass is 16.2. The molecule has 2 aromatic heterocycles. The van der Waals surface area contributed by atoms with Crippen LogP contribution in [0.5, 0.6) is 0 Å². The van der Waals surface area contributed by atoms with Crippen molar-refractivity contribution >= 4 is 11.6 Å². The van der Waals surface area contributed by atoms with Crippen LogP contribution in [0.1, 0.15) is 24.4 Å². The van der Waals surface area contributed by atoms with Gasteiger partial charge in [-0.05, 0) is 50.6 Å². The minimum Gasteiger partial charge on any atom is -0.347 e. The summed E-state index contributed by atoms with van der Waals surface area (Å²) >= 11 is 0. The molecule has 7 nitrogen and oxygen atoms in total.